The van der Waals surface area contributed by atoms with Gasteiger partial charge in [0, 0.05) is 32.9 Å². The molecule has 1 atom stereocenters. The molecule has 1 unspecified atom stereocenters. The molecule has 0 aromatic carbocycles. The molecule has 2 aromatic rings. The summed E-state index contributed by atoms with van der Waals surface area (Å²) in [7, 11) is 1.87. The fourth-order valence-electron chi connectivity index (χ4n) is 2.88. The number of anilines is 1. The van der Waals surface area contributed by atoms with E-state index in [1.807, 2.05) is 20.2 Å². The summed E-state index contributed by atoms with van der Waals surface area (Å²) in [6.07, 6.45) is 3.68. The molecule has 1 saturated heterocycles. The molecular weight excluding hydrogens is 471 g/mol. The molecule has 0 spiro atoms. The van der Waals surface area contributed by atoms with Crippen molar-refractivity contribution in [2.24, 2.45) is 12.0 Å². The number of aliphatic imine (C=N–C) groups is 1. The van der Waals surface area contributed by atoms with Crippen LogP contribution in [0.5, 0.6) is 0 Å². The average molecular weight is 500 g/mol. The van der Waals surface area contributed by atoms with Gasteiger partial charge < -0.3 is 20.3 Å². The summed E-state index contributed by atoms with van der Waals surface area (Å²) < 4.78 is 7.33. The quantitative estimate of drug-likeness (QED) is 0.351. The Balaban J connectivity index is 0.00000280. The Morgan fingerprint density at radius 2 is 2.18 bits per heavy atom. The normalized spacial score (nSPS) is 17.2. The van der Waals surface area contributed by atoms with Crippen molar-refractivity contribution in [2.75, 3.05) is 31.1 Å². The number of ether oxygens (including phenoxy) is 1. The van der Waals surface area contributed by atoms with Crippen LogP contribution in [-0.2, 0) is 24.9 Å². The Bertz CT molecular complexity index is 748. The predicted molar refractivity (Wildman–Crippen MR) is 120 cm³/mol. The molecule has 0 aliphatic carbocycles. The highest BCUT2D eigenvalue weighted by Gasteiger charge is 2.17. The molecule has 1 aliphatic heterocycles. The largest absolute Gasteiger partial charge is 0.375 e. The van der Waals surface area contributed by atoms with Crippen LogP contribution in [0.25, 0.3) is 0 Å². The molecule has 1 aliphatic rings. The first kappa shape index (κ1) is 22.3. The minimum absolute atomic E-state index is 0. The molecule has 28 heavy (non-hydrogen) atoms. The Labute approximate surface area is 183 Å². The van der Waals surface area contributed by atoms with Crippen molar-refractivity contribution in [3.05, 3.63) is 36.0 Å². The number of morpholine rings is 1. The molecule has 0 saturated carbocycles. The number of nitrogens with one attached hydrogen (secondary N) is 2. The third-order valence-electron chi connectivity index (χ3n) is 4.36. The highest BCUT2D eigenvalue weighted by Crippen LogP contribution is 2.15. The predicted octanol–water partition coefficient (Wildman–Crippen LogP) is 1.31. The fraction of sp³-hybridized carbons (Fsp3) is 0.556. The van der Waals surface area contributed by atoms with Gasteiger partial charge in [0.1, 0.15) is 18.0 Å². The van der Waals surface area contributed by atoms with E-state index in [0.29, 0.717) is 13.1 Å². The molecule has 0 bridgehead atoms. The van der Waals surface area contributed by atoms with Crippen LogP contribution in [-0.4, -0.2) is 58.1 Å². The van der Waals surface area contributed by atoms with Crippen LogP contribution in [0.15, 0.2) is 29.6 Å². The lowest BCUT2D eigenvalue weighted by Crippen LogP contribution is -2.41. The smallest absolute Gasteiger partial charge is 0.191 e. The molecule has 2 aromatic heterocycles. The number of aryl methyl sites for hydroxylation is 1. The van der Waals surface area contributed by atoms with E-state index in [9.17, 15) is 0 Å². The van der Waals surface area contributed by atoms with Gasteiger partial charge in [0.15, 0.2) is 5.96 Å². The zero-order valence-corrected chi connectivity index (χ0v) is 19.0. The number of pyridine rings is 1. The van der Waals surface area contributed by atoms with Gasteiger partial charge in [-0.2, -0.15) is 5.10 Å². The Hall–Kier alpha value is -1.95. The molecule has 0 amide bonds. The zero-order chi connectivity index (χ0) is 19.1. The summed E-state index contributed by atoms with van der Waals surface area (Å²) in [6, 6.07) is 4.14. The van der Waals surface area contributed by atoms with Crippen LogP contribution in [0.4, 0.5) is 5.82 Å². The Kier molecular flexibility index (Phi) is 8.90. The third kappa shape index (κ3) is 6.30. The van der Waals surface area contributed by atoms with E-state index in [0.717, 1.165) is 49.4 Å². The van der Waals surface area contributed by atoms with Crippen LogP contribution >= 0.6 is 24.0 Å². The fourth-order valence-corrected chi connectivity index (χ4v) is 2.88. The molecule has 9 nitrogen and oxygen atoms in total. The van der Waals surface area contributed by atoms with Gasteiger partial charge in [-0.05, 0) is 25.5 Å². The molecule has 3 rings (SSSR count). The van der Waals surface area contributed by atoms with Gasteiger partial charge in [0.05, 0.1) is 25.8 Å². The summed E-state index contributed by atoms with van der Waals surface area (Å²) in [5.41, 5.74) is 1.07. The van der Waals surface area contributed by atoms with Crippen molar-refractivity contribution in [3.63, 3.8) is 0 Å². The van der Waals surface area contributed by atoms with Gasteiger partial charge in [0.25, 0.3) is 0 Å². The van der Waals surface area contributed by atoms with Crippen molar-refractivity contribution in [1.29, 1.82) is 0 Å². The number of hydrogen-bond donors (Lipinski definition) is 2. The zero-order valence-electron chi connectivity index (χ0n) is 16.6. The van der Waals surface area contributed by atoms with Crippen LogP contribution in [0.3, 0.4) is 0 Å². The van der Waals surface area contributed by atoms with E-state index < -0.39 is 0 Å². The summed E-state index contributed by atoms with van der Waals surface area (Å²) in [5.74, 6) is 2.59. The second kappa shape index (κ2) is 11.1. The second-order valence-corrected chi connectivity index (χ2v) is 6.50. The summed E-state index contributed by atoms with van der Waals surface area (Å²) >= 11 is 0. The number of guanidine groups is 1. The summed E-state index contributed by atoms with van der Waals surface area (Å²) in [5, 5.41) is 10.6. The van der Waals surface area contributed by atoms with E-state index in [4.69, 9.17) is 4.74 Å². The summed E-state index contributed by atoms with van der Waals surface area (Å²) in [4.78, 5) is 15.7. The van der Waals surface area contributed by atoms with Crippen LogP contribution in [0.1, 0.15) is 25.2 Å². The Morgan fingerprint density at radius 1 is 1.32 bits per heavy atom. The lowest BCUT2D eigenvalue weighted by Gasteiger charge is -2.32. The van der Waals surface area contributed by atoms with E-state index in [-0.39, 0.29) is 30.1 Å². The highest BCUT2D eigenvalue weighted by molar-refractivity contribution is 14.0. The minimum atomic E-state index is 0. The first-order valence-electron chi connectivity index (χ1n) is 9.32. The van der Waals surface area contributed by atoms with Crippen LogP contribution < -0.4 is 15.5 Å². The number of halogens is 1. The standard InChI is InChI=1S/C18H28N8O.HI/c1-4-19-18(22-11-17-23-13-24-25(17)3)21-10-15-5-6-16(20-9-15)26-7-8-27-14(2)12-26;/h5-6,9,13-14H,4,7-8,10-12H2,1-3H3,(H2,19,21,22);1H. The van der Waals surface area contributed by atoms with E-state index in [1.54, 1.807) is 11.0 Å². The van der Waals surface area contributed by atoms with Gasteiger partial charge >= 0.3 is 0 Å². The number of nitrogens with zero attached hydrogens (tertiary/aromatic N) is 6. The third-order valence-corrected chi connectivity index (χ3v) is 4.36. The molecule has 3 heterocycles. The van der Waals surface area contributed by atoms with Crippen molar-refractivity contribution in [3.8, 4) is 0 Å². The van der Waals surface area contributed by atoms with Crippen molar-refractivity contribution < 1.29 is 4.74 Å². The first-order valence-corrected chi connectivity index (χ1v) is 9.32. The van der Waals surface area contributed by atoms with Crippen molar-refractivity contribution in [2.45, 2.75) is 33.0 Å². The first-order chi connectivity index (χ1) is 13.2. The van der Waals surface area contributed by atoms with Gasteiger partial charge in [-0.1, -0.05) is 6.07 Å². The number of rotatable bonds is 6. The topological polar surface area (TPSA) is 92.5 Å². The maximum absolute atomic E-state index is 5.59. The van der Waals surface area contributed by atoms with Crippen molar-refractivity contribution in [1.82, 2.24) is 30.4 Å². The highest BCUT2D eigenvalue weighted by atomic mass is 127. The number of hydrogen-bond acceptors (Lipinski definition) is 6. The van der Waals surface area contributed by atoms with Gasteiger partial charge in [-0.15, -0.1) is 24.0 Å². The Morgan fingerprint density at radius 3 is 2.82 bits per heavy atom. The maximum Gasteiger partial charge on any atom is 0.191 e. The lowest BCUT2D eigenvalue weighted by atomic mass is 10.2. The average Bonchev–Trinajstić information content (AvgIpc) is 3.09. The minimum Gasteiger partial charge on any atom is -0.375 e. The molecule has 0 radical (unpaired) electrons. The van der Waals surface area contributed by atoms with E-state index in [1.165, 1.54) is 0 Å². The molecule has 1 fully saturated rings. The van der Waals surface area contributed by atoms with Crippen LogP contribution in [0, 0.1) is 0 Å². The monoisotopic (exact) mass is 500 g/mol. The molecule has 154 valence electrons. The SMILES string of the molecule is CCNC(=NCc1ccc(N2CCOC(C)C2)nc1)NCc1ncnn1C.I. The van der Waals surface area contributed by atoms with E-state index >= 15 is 0 Å². The van der Waals surface area contributed by atoms with Crippen molar-refractivity contribution >= 4 is 35.8 Å². The number of aromatic nitrogens is 4. The molecular formula is C18H29IN8O. The maximum atomic E-state index is 5.59. The molecule has 2 N–H and O–H groups in total. The van der Waals surface area contributed by atoms with E-state index in [2.05, 4.69) is 54.6 Å². The van der Waals surface area contributed by atoms with Gasteiger partial charge in [-0.3, -0.25) is 4.68 Å². The van der Waals surface area contributed by atoms with Gasteiger partial charge in [0.2, 0.25) is 0 Å². The van der Waals surface area contributed by atoms with Gasteiger partial charge in [-0.25, -0.2) is 15.0 Å². The lowest BCUT2D eigenvalue weighted by molar-refractivity contribution is 0.0529. The summed E-state index contributed by atoms with van der Waals surface area (Å²) in [6.45, 7) is 8.54. The van der Waals surface area contributed by atoms with Crippen LogP contribution in [0.2, 0.25) is 0 Å². The molecule has 10 heteroatoms. The second-order valence-electron chi connectivity index (χ2n) is 6.50.